The number of carbonyl (C=O) groups excluding carboxylic acids is 1. The smallest absolute Gasteiger partial charge is 0.410 e. The Kier molecular flexibility index (Phi) is 4.66. The number of benzene rings is 1. The first kappa shape index (κ1) is 16.6. The molecule has 5 heteroatoms. The summed E-state index contributed by atoms with van der Waals surface area (Å²) in [6, 6.07) is 5.85. The van der Waals surface area contributed by atoms with Crippen LogP contribution in [0, 0.1) is 6.92 Å². The number of carbonyl (C=O) groups is 1. The fourth-order valence-corrected chi connectivity index (χ4v) is 2.52. The second-order valence-electron chi connectivity index (χ2n) is 7.03. The highest BCUT2D eigenvalue weighted by Gasteiger charge is 2.34. The minimum Gasteiger partial charge on any atom is -0.508 e. The third-order valence-electron chi connectivity index (χ3n) is 3.67. The molecule has 1 atom stereocenters. The lowest BCUT2D eigenvalue weighted by molar-refractivity contribution is 0.00430. The fourth-order valence-electron chi connectivity index (χ4n) is 2.52. The maximum atomic E-state index is 11.9. The Morgan fingerprint density at radius 3 is 2.64 bits per heavy atom. The van der Waals surface area contributed by atoms with Gasteiger partial charge in [-0.2, -0.15) is 0 Å². The Bertz CT molecular complexity index is 545. The topological polar surface area (TPSA) is 61.8 Å². The van der Waals surface area contributed by atoms with Crippen LogP contribution in [0.25, 0.3) is 0 Å². The van der Waals surface area contributed by atoms with Crippen molar-refractivity contribution in [2.24, 2.45) is 0 Å². The molecule has 0 aliphatic carbocycles. The van der Waals surface area contributed by atoms with E-state index in [1.165, 1.54) is 0 Å². The lowest BCUT2D eigenvalue weighted by atomic mass is 10.0. The normalized spacial score (nSPS) is 17.0. The highest BCUT2D eigenvalue weighted by Crippen LogP contribution is 2.26. The van der Waals surface area contributed by atoms with Gasteiger partial charge in [-0.1, -0.05) is 17.7 Å². The average molecular weight is 306 g/mol. The van der Waals surface area contributed by atoms with Crippen molar-refractivity contribution < 1.29 is 14.6 Å². The number of rotatable bonds is 3. The molecule has 0 spiro atoms. The molecule has 1 unspecified atom stereocenters. The van der Waals surface area contributed by atoms with Crippen LogP contribution in [0.4, 0.5) is 4.79 Å². The maximum absolute atomic E-state index is 11.9. The quantitative estimate of drug-likeness (QED) is 0.901. The summed E-state index contributed by atoms with van der Waals surface area (Å²) in [6.45, 7) is 10.9. The number of aromatic hydroxyl groups is 1. The molecule has 1 heterocycles. The van der Waals surface area contributed by atoms with E-state index in [-0.39, 0.29) is 18.2 Å². The van der Waals surface area contributed by atoms with Crippen molar-refractivity contribution in [1.82, 2.24) is 10.2 Å². The van der Waals surface area contributed by atoms with Gasteiger partial charge in [0.1, 0.15) is 11.4 Å². The monoisotopic (exact) mass is 306 g/mol. The van der Waals surface area contributed by atoms with E-state index in [1.807, 2.05) is 46.8 Å². The van der Waals surface area contributed by atoms with Gasteiger partial charge in [0.2, 0.25) is 0 Å². The van der Waals surface area contributed by atoms with Gasteiger partial charge in [-0.05, 0) is 40.7 Å². The van der Waals surface area contributed by atoms with Crippen molar-refractivity contribution >= 4 is 6.09 Å². The molecular weight excluding hydrogens is 280 g/mol. The molecule has 1 fully saturated rings. The molecule has 22 heavy (non-hydrogen) atoms. The minimum atomic E-state index is -0.462. The van der Waals surface area contributed by atoms with E-state index in [0.717, 1.165) is 11.1 Å². The third-order valence-corrected chi connectivity index (χ3v) is 3.67. The Labute approximate surface area is 132 Å². The largest absolute Gasteiger partial charge is 0.508 e. The van der Waals surface area contributed by atoms with Crippen LogP contribution in [0.5, 0.6) is 5.75 Å². The van der Waals surface area contributed by atoms with Gasteiger partial charge in [0, 0.05) is 30.7 Å². The molecule has 1 aromatic carbocycles. The molecular formula is C17H26N2O3. The molecule has 122 valence electrons. The Morgan fingerprint density at radius 1 is 1.41 bits per heavy atom. The number of likely N-dealkylation sites (tertiary alicyclic amines) is 1. The van der Waals surface area contributed by atoms with Gasteiger partial charge < -0.3 is 20.1 Å². The van der Waals surface area contributed by atoms with Gasteiger partial charge in [-0.3, -0.25) is 0 Å². The lowest BCUT2D eigenvalue weighted by Crippen LogP contribution is -2.60. The van der Waals surface area contributed by atoms with Crippen molar-refractivity contribution in [3.8, 4) is 5.75 Å². The van der Waals surface area contributed by atoms with Crippen LogP contribution in [0.1, 0.15) is 44.9 Å². The predicted octanol–water partition coefficient (Wildman–Crippen LogP) is 2.97. The van der Waals surface area contributed by atoms with E-state index in [1.54, 1.807) is 11.0 Å². The van der Waals surface area contributed by atoms with E-state index in [0.29, 0.717) is 18.8 Å². The number of phenols is 1. The summed E-state index contributed by atoms with van der Waals surface area (Å²) in [5.41, 5.74) is 1.54. The first-order valence-corrected chi connectivity index (χ1v) is 7.69. The molecule has 0 aromatic heterocycles. The van der Waals surface area contributed by atoms with Gasteiger partial charge >= 0.3 is 6.09 Å². The van der Waals surface area contributed by atoms with E-state index >= 15 is 0 Å². The Hall–Kier alpha value is -1.75. The molecule has 1 amide bonds. The number of hydrogen-bond acceptors (Lipinski definition) is 4. The zero-order chi connectivity index (χ0) is 16.5. The van der Waals surface area contributed by atoms with Gasteiger partial charge in [-0.15, -0.1) is 0 Å². The number of nitrogens with one attached hydrogen (secondary N) is 1. The highest BCUT2D eigenvalue weighted by molar-refractivity contribution is 5.69. The van der Waals surface area contributed by atoms with Crippen LogP contribution >= 0.6 is 0 Å². The van der Waals surface area contributed by atoms with Gasteiger partial charge in [-0.25, -0.2) is 4.79 Å². The first-order chi connectivity index (χ1) is 10.2. The lowest BCUT2D eigenvalue weighted by Gasteiger charge is -2.41. The van der Waals surface area contributed by atoms with Crippen LogP contribution < -0.4 is 5.32 Å². The second-order valence-corrected chi connectivity index (χ2v) is 7.03. The summed E-state index contributed by atoms with van der Waals surface area (Å²) in [7, 11) is 0. The second kappa shape index (κ2) is 6.16. The molecule has 2 N–H and O–H groups in total. The number of nitrogens with zero attached hydrogens (tertiary/aromatic N) is 1. The predicted molar refractivity (Wildman–Crippen MR) is 86.0 cm³/mol. The van der Waals surface area contributed by atoms with E-state index < -0.39 is 5.60 Å². The van der Waals surface area contributed by atoms with Crippen LogP contribution in [-0.4, -0.2) is 40.8 Å². The van der Waals surface area contributed by atoms with Crippen LogP contribution in [0.3, 0.4) is 0 Å². The average Bonchev–Trinajstić information content (AvgIpc) is 2.33. The highest BCUT2D eigenvalue weighted by atomic mass is 16.6. The van der Waals surface area contributed by atoms with Crippen LogP contribution in [0.15, 0.2) is 18.2 Å². The summed E-state index contributed by atoms with van der Waals surface area (Å²) in [4.78, 5) is 13.6. The summed E-state index contributed by atoms with van der Waals surface area (Å²) in [5.74, 6) is 0.300. The van der Waals surface area contributed by atoms with Crippen LogP contribution in [-0.2, 0) is 4.74 Å². The number of amides is 1. The van der Waals surface area contributed by atoms with Crippen molar-refractivity contribution in [2.45, 2.75) is 52.3 Å². The van der Waals surface area contributed by atoms with Gasteiger partial charge in [0.25, 0.3) is 0 Å². The zero-order valence-electron chi connectivity index (χ0n) is 14.0. The van der Waals surface area contributed by atoms with Gasteiger partial charge in [0.05, 0.1) is 0 Å². The minimum absolute atomic E-state index is 0.0330. The molecule has 2 rings (SSSR count). The third kappa shape index (κ3) is 4.13. The summed E-state index contributed by atoms with van der Waals surface area (Å²) < 4.78 is 5.33. The van der Waals surface area contributed by atoms with Crippen molar-refractivity contribution in [3.63, 3.8) is 0 Å². The standard InChI is InChI=1S/C17H26N2O3/c1-11-6-7-15(20)14(8-11)12(2)18-13-9-19(10-13)16(21)22-17(3,4)5/h6-8,12-13,18,20H,9-10H2,1-5H3. The summed E-state index contributed by atoms with van der Waals surface area (Å²) in [6.07, 6.45) is -0.267. The zero-order valence-corrected chi connectivity index (χ0v) is 14.0. The van der Waals surface area contributed by atoms with Crippen molar-refractivity contribution in [3.05, 3.63) is 29.3 Å². The molecule has 0 bridgehead atoms. The Morgan fingerprint density at radius 2 is 2.05 bits per heavy atom. The molecule has 1 saturated heterocycles. The SMILES string of the molecule is Cc1ccc(O)c(C(C)NC2CN(C(=O)OC(C)(C)C)C2)c1. The number of hydrogen-bond donors (Lipinski definition) is 2. The fraction of sp³-hybridized carbons (Fsp3) is 0.588. The summed E-state index contributed by atoms with van der Waals surface area (Å²) in [5, 5.41) is 13.4. The molecule has 1 aliphatic heterocycles. The Balaban J connectivity index is 1.85. The van der Waals surface area contributed by atoms with Crippen molar-refractivity contribution in [2.75, 3.05) is 13.1 Å². The number of aryl methyl sites for hydroxylation is 1. The summed E-state index contributed by atoms with van der Waals surface area (Å²) >= 11 is 0. The maximum Gasteiger partial charge on any atom is 0.410 e. The molecule has 0 saturated carbocycles. The first-order valence-electron chi connectivity index (χ1n) is 7.69. The van der Waals surface area contributed by atoms with Crippen molar-refractivity contribution in [1.29, 1.82) is 0 Å². The molecule has 1 aliphatic rings. The number of phenolic OH excluding ortho intramolecular Hbond substituents is 1. The molecule has 1 aromatic rings. The van der Waals surface area contributed by atoms with E-state index in [9.17, 15) is 9.90 Å². The van der Waals surface area contributed by atoms with E-state index in [2.05, 4.69) is 5.32 Å². The number of ether oxygens (including phenoxy) is 1. The molecule has 0 radical (unpaired) electrons. The van der Waals surface area contributed by atoms with Gasteiger partial charge in [0.15, 0.2) is 0 Å². The van der Waals surface area contributed by atoms with E-state index in [4.69, 9.17) is 4.74 Å². The molecule has 5 nitrogen and oxygen atoms in total. The van der Waals surface area contributed by atoms with Crippen LogP contribution in [0.2, 0.25) is 0 Å².